The Bertz CT molecular complexity index is 122. The van der Waals surface area contributed by atoms with Crippen LogP contribution in [0.1, 0.15) is 13.8 Å². The second-order valence-corrected chi connectivity index (χ2v) is 2.28. The molecule has 0 saturated heterocycles. The van der Waals surface area contributed by atoms with Gasteiger partial charge in [-0.15, -0.1) is 0 Å². The lowest BCUT2D eigenvalue weighted by Crippen LogP contribution is -2.32. The molecule has 0 aliphatic heterocycles. The van der Waals surface area contributed by atoms with Gasteiger partial charge < -0.3 is 15.2 Å². The number of esters is 1. The van der Waals surface area contributed by atoms with Crippen molar-refractivity contribution in [1.82, 2.24) is 0 Å². The number of hydrogen-bond donors (Lipinski definition) is 1. The molecule has 0 radical (unpaired) electrons. The summed E-state index contributed by atoms with van der Waals surface area (Å²) in [5.41, 5.74) is 5.00. The normalized spacial score (nSPS) is 11.2. The Kier molecular flexibility index (Phi) is 3.32. The average Bonchev–Trinajstić information content (AvgIpc) is 1.87. The van der Waals surface area contributed by atoms with Gasteiger partial charge in [-0.25, -0.2) is 0 Å². The van der Waals surface area contributed by atoms with Crippen LogP contribution in [0.3, 0.4) is 0 Å². The molecule has 0 amide bonds. The van der Waals surface area contributed by atoms with Crippen molar-refractivity contribution in [1.29, 1.82) is 0 Å². The molecule has 0 spiro atoms. The summed E-state index contributed by atoms with van der Waals surface area (Å²) in [5.74, 6) is -1.33. The van der Waals surface area contributed by atoms with E-state index in [0.717, 1.165) is 0 Å². The van der Waals surface area contributed by atoms with E-state index < -0.39 is 11.8 Å². The lowest BCUT2D eigenvalue weighted by Gasteiger charge is -2.22. The van der Waals surface area contributed by atoms with Gasteiger partial charge in [0.2, 0.25) is 5.79 Å². The average molecular weight is 147 g/mol. The molecule has 0 heterocycles. The molecule has 60 valence electrons. The van der Waals surface area contributed by atoms with Gasteiger partial charge in [-0.3, -0.25) is 4.79 Å². The fourth-order valence-electron chi connectivity index (χ4n) is 0.357. The van der Waals surface area contributed by atoms with Crippen molar-refractivity contribution in [2.24, 2.45) is 5.73 Å². The molecule has 0 aliphatic rings. The molecular weight excluding hydrogens is 134 g/mol. The van der Waals surface area contributed by atoms with Crippen molar-refractivity contribution in [2.45, 2.75) is 19.6 Å². The molecule has 0 aliphatic carbocycles. The first-order chi connectivity index (χ1) is 4.52. The van der Waals surface area contributed by atoms with Crippen molar-refractivity contribution in [3.8, 4) is 0 Å². The molecular formula is C6H13NO3. The number of hydrogen-bond acceptors (Lipinski definition) is 4. The number of nitrogens with two attached hydrogens (primary N) is 1. The fourth-order valence-corrected chi connectivity index (χ4v) is 0.357. The summed E-state index contributed by atoms with van der Waals surface area (Å²) in [4.78, 5) is 10.6. The van der Waals surface area contributed by atoms with E-state index in [4.69, 9.17) is 15.2 Å². The highest BCUT2D eigenvalue weighted by molar-refractivity contribution is 5.71. The minimum atomic E-state index is -0.865. The Morgan fingerprint density at radius 2 is 2.10 bits per heavy atom. The van der Waals surface area contributed by atoms with Crippen LogP contribution in [-0.4, -0.2) is 25.4 Å². The van der Waals surface area contributed by atoms with E-state index in [2.05, 4.69) is 0 Å². The summed E-state index contributed by atoms with van der Waals surface area (Å²) < 4.78 is 9.56. The Labute approximate surface area is 60.3 Å². The van der Waals surface area contributed by atoms with Crippen LogP contribution < -0.4 is 5.73 Å². The topological polar surface area (TPSA) is 61.5 Å². The van der Waals surface area contributed by atoms with Gasteiger partial charge in [-0.2, -0.15) is 0 Å². The first-order valence-electron chi connectivity index (χ1n) is 2.99. The molecule has 0 atom stereocenters. The van der Waals surface area contributed by atoms with Crippen LogP contribution in [0.25, 0.3) is 0 Å². The molecule has 0 unspecified atom stereocenters. The minimum absolute atomic E-state index is 0.118. The third-order valence-electron chi connectivity index (χ3n) is 1.02. The molecule has 0 aromatic rings. The Morgan fingerprint density at radius 1 is 1.60 bits per heavy atom. The van der Waals surface area contributed by atoms with Gasteiger partial charge in [0.05, 0.1) is 6.54 Å². The SMILES string of the molecule is COC(C)(C)OC(=O)CN. The van der Waals surface area contributed by atoms with Gasteiger partial charge >= 0.3 is 5.97 Å². The Balaban J connectivity index is 3.76. The number of carbonyl (C=O) groups excluding carboxylic acids is 1. The third kappa shape index (κ3) is 3.42. The molecule has 0 rings (SSSR count). The van der Waals surface area contributed by atoms with Gasteiger partial charge in [0.1, 0.15) is 0 Å². The minimum Gasteiger partial charge on any atom is -0.433 e. The number of ether oxygens (including phenoxy) is 2. The third-order valence-corrected chi connectivity index (χ3v) is 1.02. The number of rotatable bonds is 3. The Hall–Kier alpha value is -0.610. The van der Waals surface area contributed by atoms with Crippen LogP contribution in [0.5, 0.6) is 0 Å². The van der Waals surface area contributed by atoms with E-state index in [9.17, 15) is 4.79 Å². The number of methoxy groups -OCH3 is 1. The highest BCUT2D eigenvalue weighted by Crippen LogP contribution is 2.08. The molecule has 0 bridgehead atoms. The summed E-state index contributed by atoms with van der Waals surface area (Å²) in [6.07, 6.45) is 0. The van der Waals surface area contributed by atoms with Gasteiger partial charge in [0, 0.05) is 21.0 Å². The maximum absolute atomic E-state index is 10.6. The summed E-state index contributed by atoms with van der Waals surface area (Å²) in [5, 5.41) is 0. The quantitative estimate of drug-likeness (QED) is 0.446. The molecule has 0 fully saturated rings. The first kappa shape index (κ1) is 9.39. The van der Waals surface area contributed by atoms with Crippen LogP contribution in [0, 0.1) is 0 Å². The summed E-state index contributed by atoms with van der Waals surface area (Å²) in [6.45, 7) is 3.16. The summed E-state index contributed by atoms with van der Waals surface area (Å²) in [7, 11) is 1.46. The predicted octanol–water partition coefficient (Wildman–Crippen LogP) is -0.129. The van der Waals surface area contributed by atoms with Crippen LogP contribution >= 0.6 is 0 Å². The lowest BCUT2D eigenvalue weighted by atomic mass is 10.4. The van der Waals surface area contributed by atoms with E-state index in [1.54, 1.807) is 13.8 Å². The molecule has 0 saturated carbocycles. The highest BCUT2D eigenvalue weighted by Gasteiger charge is 2.20. The van der Waals surface area contributed by atoms with Crippen molar-refractivity contribution < 1.29 is 14.3 Å². The predicted molar refractivity (Wildman–Crippen MR) is 36.2 cm³/mol. The zero-order valence-corrected chi connectivity index (χ0v) is 6.51. The van der Waals surface area contributed by atoms with Gasteiger partial charge in [0.15, 0.2) is 0 Å². The van der Waals surface area contributed by atoms with Gasteiger partial charge in [-0.1, -0.05) is 0 Å². The maximum atomic E-state index is 10.6. The van der Waals surface area contributed by atoms with Crippen molar-refractivity contribution in [2.75, 3.05) is 13.7 Å². The van der Waals surface area contributed by atoms with E-state index in [1.165, 1.54) is 7.11 Å². The summed E-state index contributed by atoms with van der Waals surface area (Å²) in [6, 6.07) is 0. The van der Waals surface area contributed by atoms with Crippen LogP contribution in [0.4, 0.5) is 0 Å². The summed E-state index contributed by atoms with van der Waals surface area (Å²) >= 11 is 0. The number of carbonyl (C=O) groups is 1. The monoisotopic (exact) mass is 147 g/mol. The van der Waals surface area contributed by atoms with Crippen LogP contribution in [0.2, 0.25) is 0 Å². The smallest absolute Gasteiger partial charge is 0.322 e. The van der Waals surface area contributed by atoms with E-state index >= 15 is 0 Å². The van der Waals surface area contributed by atoms with Crippen molar-refractivity contribution in [3.63, 3.8) is 0 Å². The second-order valence-electron chi connectivity index (χ2n) is 2.28. The van der Waals surface area contributed by atoms with E-state index in [-0.39, 0.29) is 6.54 Å². The second kappa shape index (κ2) is 3.53. The van der Waals surface area contributed by atoms with Crippen molar-refractivity contribution >= 4 is 5.97 Å². The van der Waals surface area contributed by atoms with Crippen LogP contribution in [0.15, 0.2) is 0 Å². The largest absolute Gasteiger partial charge is 0.433 e. The maximum Gasteiger partial charge on any atom is 0.322 e. The molecule has 4 heteroatoms. The zero-order chi connectivity index (χ0) is 8.20. The molecule has 10 heavy (non-hydrogen) atoms. The van der Waals surface area contributed by atoms with E-state index in [1.807, 2.05) is 0 Å². The first-order valence-corrected chi connectivity index (χ1v) is 2.99. The standard InChI is InChI=1S/C6H13NO3/c1-6(2,9-3)10-5(8)4-7/h4,7H2,1-3H3. The molecule has 0 aromatic carbocycles. The fraction of sp³-hybridized carbons (Fsp3) is 0.833. The molecule has 4 nitrogen and oxygen atoms in total. The van der Waals surface area contributed by atoms with Gasteiger partial charge in [-0.05, 0) is 0 Å². The lowest BCUT2D eigenvalue weighted by molar-refractivity contribution is -0.204. The van der Waals surface area contributed by atoms with Crippen molar-refractivity contribution in [3.05, 3.63) is 0 Å². The molecule has 0 aromatic heterocycles. The van der Waals surface area contributed by atoms with E-state index in [0.29, 0.717) is 0 Å². The van der Waals surface area contributed by atoms with Crippen LogP contribution in [-0.2, 0) is 14.3 Å². The van der Waals surface area contributed by atoms with Gasteiger partial charge in [0.25, 0.3) is 0 Å². The highest BCUT2D eigenvalue weighted by atomic mass is 16.7. The Morgan fingerprint density at radius 3 is 2.40 bits per heavy atom. The molecule has 2 N–H and O–H groups in total. The zero-order valence-electron chi connectivity index (χ0n) is 6.51.